The van der Waals surface area contributed by atoms with Gasteiger partial charge in [0, 0.05) is 25.2 Å². The third kappa shape index (κ3) is 3.58. The lowest BCUT2D eigenvalue weighted by Crippen LogP contribution is -2.51. The van der Waals surface area contributed by atoms with Crippen molar-refractivity contribution in [3.63, 3.8) is 0 Å². The van der Waals surface area contributed by atoms with Gasteiger partial charge in [0.15, 0.2) is 0 Å². The van der Waals surface area contributed by atoms with E-state index in [-0.39, 0.29) is 24.2 Å². The lowest BCUT2D eigenvalue weighted by atomic mass is 9.75. The number of hydrogen-bond donors (Lipinski definition) is 1. The molecule has 29 heavy (non-hydrogen) atoms. The Kier molecular flexibility index (Phi) is 5.58. The Morgan fingerprint density at radius 2 is 2.03 bits per heavy atom. The minimum Gasteiger partial charge on any atom is -0.461 e. The standard InChI is InChI=1S/C22H32O7/c1-7-11(2)19(24)27-15-10-21(5,26)14-9-8-12(3)16(14)18-17(15)22(6,20(25)28-18)29-13(4)23/h8,11,14-18,26H,7,9-10H2,1-6H3/t11-,14+,15+,16-,17-,18+,21+,22+/m1/s1. The summed E-state index contributed by atoms with van der Waals surface area (Å²) in [6.07, 6.45) is 2.01. The van der Waals surface area contributed by atoms with Gasteiger partial charge in [-0.1, -0.05) is 25.5 Å². The largest absolute Gasteiger partial charge is 0.461 e. The molecular formula is C22H32O7. The molecule has 162 valence electrons. The molecule has 0 aromatic carbocycles. The minimum absolute atomic E-state index is 0.145. The van der Waals surface area contributed by atoms with E-state index in [1.54, 1.807) is 13.8 Å². The van der Waals surface area contributed by atoms with Crippen molar-refractivity contribution in [3.05, 3.63) is 11.6 Å². The minimum atomic E-state index is -1.58. The first-order valence-corrected chi connectivity index (χ1v) is 10.4. The molecule has 0 aromatic rings. The normalized spacial score (nSPS) is 42.1. The Labute approximate surface area is 171 Å². The molecule has 1 aliphatic heterocycles. The van der Waals surface area contributed by atoms with Crippen LogP contribution in [-0.2, 0) is 28.6 Å². The number of rotatable bonds is 4. The summed E-state index contributed by atoms with van der Waals surface area (Å²) >= 11 is 0. The predicted molar refractivity (Wildman–Crippen MR) is 103 cm³/mol. The Balaban J connectivity index is 2.08. The van der Waals surface area contributed by atoms with Crippen LogP contribution in [0.5, 0.6) is 0 Å². The average Bonchev–Trinajstić information content (AvgIpc) is 3.08. The summed E-state index contributed by atoms with van der Waals surface area (Å²) in [5.74, 6) is -3.04. The maximum Gasteiger partial charge on any atom is 0.351 e. The van der Waals surface area contributed by atoms with Crippen LogP contribution in [0.3, 0.4) is 0 Å². The van der Waals surface area contributed by atoms with E-state index in [1.165, 1.54) is 13.8 Å². The Bertz CT molecular complexity index is 739. The van der Waals surface area contributed by atoms with Gasteiger partial charge >= 0.3 is 17.9 Å². The fraction of sp³-hybridized carbons (Fsp3) is 0.773. The van der Waals surface area contributed by atoms with Gasteiger partial charge in [0.05, 0.1) is 17.4 Å². The van der Waals surface area contributed by atoms with E-state index < -0.39 is 47.2 Å². The second kappa shape index (κ2) is 7.42. The van der Waals surface area contributed by atoms with E-state index in [9.17, 15) is 19.5 Å². The first-order chi connectivity index (χ1) is 13.4. The van der Waals surface area contributed by atoms with Gasteiger partial charge in [-0.05, 0) is 33.6 Å². The number of esters is 3. The number of hydrogen-bond acceptors (Lipinski definition) is 7. The van der Waals surface area contributed by atoms with Crippen molar-refractivity contribution < 1.29 is 33.7 Å². The van der Waals surface area contributed by atoms with Crippen molar-refractivity contribution in [2.24, 2.45) is 23.7 Å². The molecule has 2 aliphatic carbocycles. The fourth-order valence-electron chi connectivity index (χ4n) is 5.31. The maximum atomic E-state index is 12.9. The highest BCUT2D eigenvalue weighted by molar-refractivity contribution is 5.85. The van der Waals surface area contributed by atoms with Crippen LogP contribution in [0.25, 0.3) is 0 Å². The molecule has 2 fully saturated rings. The topological polar surface area (TPSA) is 99.1 Å². The molecule has 7 nitrogen and oxygen atoms in total. The van der Waals surface area contributed by atoms with Crippen molar-refractivity contribution in [3.8, 4) is 0 Å². The van der Waals surface area contributed by atoms with Gasteiger partial charge in [-0.15, -0.1) is 0 Å². The Morgan fingerprint density at radius 3 is 2.62 bits per heavy atom. The van der Waals surface area contributed by atoms with Crippen LogP contribution < -0.4 is 0 Å². The highest BCUT2D eigenvalue weighted by Gasteiger charge is 2.67. The predicted octanol–water partition coefficient (Wildman–Crippen LogP) is 2.54. The van der Waals surface area contributed by atoms with E-state index in [0.717, 1.165) is 5.57 Å². The first-order valence-electron chi connectivity index (χ1n) is 10.4. The molecule has 1 heterocycles. The van der Waals surface area contributed by atoms with Crippen molar-refractivity contribution in [1.82, 2.24) is 0 Å². The van der Waals surface area contributed by atoms with Crippen LogP contribution in [0, 0.1) is 23.7 Å². The van der Waals surface area contributed by atoms with Crippen LogP contribution in [-0.4, -0.2) is 46.4 Å². The second-order valence-corrected chi connectivity index (χ2v) is 9.26. The molecule has 8 atom stereocenters. The first kappa shape index (κ1) is 21.8. The Hall–Kier alpha value is -1.89. The molecule has 0 unspecified atom stereocenters. The molecule has 1 saturated heterocycles. The summed E-state index contributed by atoms with van der Waals surface area (Å²) in [5, 5.41) is 11.3. The monoisotopic (exact) mass is 408 g/mol. The summed E-state index contributed by atoms with van der Waals surface area (Å²) in [7, 11) is 0. The fourth-order valence-corrected chi connectivity index (χ4v) is 5.31. The number of ether oxygens (including phenoxy) is 3. The van der Waals surface area contributed by atoms with Crippen molar-refractivity contribution in [2.75, 3.05) is 0 Å². The molecule has 0 spiro atoms. The lowest BCUT2D eigenvalue weighted by molar-refractivity contribution is -0.181. The Morgan fingerprint density at radius 1 is 1.38 bits per heavy atom. The quantitative estimate of drug-likeness (QED) is 0.433. The van der Waals surface area contributed by atoms with Crippen LogP contribution in [0.4, 0.5) is 0 Å². The van der Waals surface area contributed by atoms with Gasteiger partial charge in [0.2, 0.25) is 5.60 Å². The van der Waals surface area contributed by atoms with Crippen LogP contribution in [0.1, 0.15) is 60.8 Å². The zero-order valence-electron chi connectivity index (χ0n) is 18.1. The van der Waals surface area contributed by atoms with Gasteiger partial charge in [-0.25, -0.2) is 4.79 Å². The SMILES string of the molecule is CC[C@@H](C)C(=O)O[C@H]1C[C@](C)(O)[C@H]2CC=C(C)[C@H]2[C@@H]2OC(=O)[C@@](C)(OC(C)=O)[C@@H]21. The van der Waals surface area contributed by atoms with Crippen molar-refractivity contribution in [2.45, 2.75) is 84.2 Å². The highest BCUT2D eigenvalue weighted by Crippen LogP contribution is 2.54. The third-order valence-electron chi connectivity index (χ3n) is 7.10. The van der Waals surface area contributed by atoms with Gasteiger partial charge in [-0.3, -0.25) is 9.59 Å². The third-order valence-corrected chi connectivity index (χ3v) is 7.10. The van der Waals surface area contributed by atoms with Crippen LogP contribution in [0.2, 0.25) is 0 Å². The molecule has 0 bridgehead atoms. The maximum absolute atomic E-state index is 12.9. The van der Waals surface area contributed by atoms with Crippen molar-refractivity contribution >= 4 is 17.9 Å². The van der Waals surface area contributed by atoms with Gasteiger partial charge < -0.3 is 19.3 Å². The average molecular weight is 408 g/mol. The molecule has 0 radical (unpaired) electrons. The van der Waals surface area contributed by atoms with E-state index in [2.05, 4.69) is 6.08 Å². The number of aliphatic hydroxyl groups is 1. The van der Waals surface area contributed by atoms with Crippen LogP contribution in [0.15, 0.2) is 11.6 Å². The molecule has 3 aliphatic rings. The highest BCUT2D eigenvalue weighted by atomic mass is 16.6. The number of carbonyl (C=O) groups excluding carboxylic acids is 3. The molecule has 3 rings (SSSR count). The number of fused-ring (bicyclic) bond motifs is 3. The van der Waals surface area contributed by atoms with E-state index in [4.69, 9.17) is 14.2 Å². The lowest BCUT2D eigenvalue weighted by Gasteiger charge is -2.35. The van der Waals surface area contributed by atoms with E-state index in [1.807, 2.05) is 13.8 Å². The summed E-state index contributed by atoms with van der Waals surface area (Å²) in [4.78, 5) is 37.3. The van der Waals surface area contributed by atoms with Crippen molar-refractivity contribution in [1.29, 1.82) is 0 Å². The van der Waals surface area contributed by atoms with Crippen LogP contribution >= 0.6 is 0 Å². The van der Waals surface area contributed by atoms with Gasteiger partial charge in [0.1, 0.15) is 12.2 Å². The summed E-state index contributed by atoms with van der Waals surface area (Å²) in [5.41, 5.74) is -1.68. The number of allylic oxidation sites excluding steroid dienone is 1. The zero-order valence-corrected chi connectivity index (χ0v) is 18.1. The van der Waals surface area contributed by atoms with E-state index >= 15 is 0 Å². The summed E-state index contributed by atoms with van der Waals surface area (Å²) < 4.78 is 17.1. The zero-order chi connectivity index (χ0) is 21.7. The molecule has 0 aromatic heterocycles. The molecule has 1 N–H and O–H groups in total. The molecule has 0 amide bonds. The smallest absolute Gasteiger partial charge is 0.351 e. The van der Waals surface area contributed by atoms with E-state index in [0.29, 0.717) is 12.8 Å². The summed E-state index contributed by atoms with van der Waals surface area (Å²) in [6, 6.07) is 0. The van der Waals surface area contributed by atoms with Gasteiger partial charge in [0.25, 0.3) is 0 Å². The number of carbonyl (C=O) groups is 3. The summed E-state index contributed by atoms with van der Waals surface area (Å²) in [6.45, 7) is 10.1. The molecule has 7 heteroatoms. The second-order valence-electron chi connectivity index (χ2n) is 9.26. The molecule has 1 saturated carbocycles. The van der Waals surface area contributed by atoms with Gasteiger partial charge in [-0.2, -0.15) is 0 Å². The molecular weight excluding hydrogens is 376 g/mol.